The molecule has 1 aromatic heterocycles. The molecule has 0 saturated heterocycles. The van der Waals surface area contributed by atoms with Crippen molar-refractivity contribution in [1.29, 1.82) is 0 Å². The Morgan fingerprint density at radius 3 is 2.67 bits per heavy atom. The predicted molar refractivity (Wildman–Crippen MR) is 62.1 cm³/mol. The molecule has 0 bridgehead atoms. The zero-order valence-corrected chi connectivity index (χ0v) is 9.46. The fourth-order valence-electron chi connectivity index (χ4n) is 1.45. The Labute approximate surface area is 102 Å². The van der Waals surface area contributed by atoms with Crippen molar-refractivity contribution in [2.75, 3.05) is 0 Å². The van der Waals surface area contributed by atoms with E-state index in [4.69, 9.17) is 4.74 Å². The molecule has 2 rings (SSSR count). The molecule has 0 fully saturated rings. The van der Waals surface area contributed by atoms with E-state index < -0.39 is 16.4 Å². The number of rotatable bonds is 3. The minimum absolute atomic E-state index is 0.142. The van der Waals surface area contributed by atoms with E-state index in [1.165, 1.54) is 12.1 Å². The Bertz CT molecular complexity index is 602. The molecule has 0 aliphatic carbocycles. The lowest BCUT2D eigenvalue weighted by molar-refractivity contribution is -0.388. The highest BCUT2D eigenvalue weighted by atomic mass is 19.1. The van der Waals surface area contributed by atoms with E-state index in [1.807, 2.05) is 0 Å². The number of hydrogen-bond donors (Lipinski definition) is 0. The zero-order valence-electron chi connectivity index (χ0n) is 9.46. The van der Waals surface area contributed by atoms with E-state index in [9.17, 15) is 14.5 Å². The number of ether oxygens (including phenoxy) is 1. The van der Waals surface area contributed by atoms with Gasteiger partial charge < -0.3 is 4.74 Å². The SMILES string of the molecule is Cc1ncccc1Oc1cccc(F)c1[N+](=O)[O-]. The van der Waals surface area contributed by atoms with Crippen molar-refractivity contribution in [3.8, 4) is 11.5 Å². The van der Waals surface area contributed by atoms with Crippen LogP contribution in [0.4, 0.5) is 10.1 Å². The molecule has 2 aromatic rings. The molecule has 0 radical (unpaired) electrons. The molecule has 0 amide bonds. The summed E-state index contributed by atoms with van der Waals surface area (Å²) in [6, 6.07) is 6.95. The molecule has 0 atom stereocenters. The van der Waals surface area contributed by atoms with Crippen LogP contribution in [0.1, 0.15) is 5.69 Å². The minimum atomic E-state index is -0.931. The van der Waals surface area contributed by atoms with Crippen molar-refractivity contribution in [3.63, 3.8) is 0 Å². The highest BCUT2D eigenvalue weighted by Crippen LogP contribution is 2.33. The summed E-state index contributed by atoms with van der Waals surface area (Å²) < 4.78 is 18.7. The van der Waals surface area contributed by atoms with Gasteiger partial charge in [-0.2, -0.15) is 4.39 Å². The van der Waals surface area contributed by atoms with Gasteiger partial charge in [-0.15, -0.1) is 0 Å². The summed E-state index contributed by atoms with van der Waals surface area (Å²) in [5.41, 5.74) is -0.114. The highest BCUT2D eigenvalue weighted by molar-refractivity contribution is 5.49. The molecule has 1 aromatic carbocycles. The van der Waals surface area contributed by atoms with E-state index in [-0.39, 0.29) is 5.75 Å². The molecule has 0 aliphatic rings. The molecular weight excluding hydrogens is 239 g/mol. The van der Waals surface area contributed by atoms with Crippen LogP contribution in [0.25, 0.3) is 0 Å². The molecule has 0 unspecified atom stereocenters. The largest absolute Gasteiger partial charge is 0.448 e. The molecule has 0 saturated carbocycles. The van der Waals surface area contributed by atoms with Crippen molar-refractivity contribution in [3.05, 3.63) is 58.2 Å². The van der Waals surface area contributed by atoms with Crippen LogP contribution >= 0.6 is 0 Å². The maximum Gasteiger partial charge on any atom is 0.346 e. The van der Waals surface area contributed by atoms with Crippen LogP contribution < -0.4 is 4.74 Å². The lowest BCUT2D eigenvalue weighted by Gasteiger charge is -2.08. The van der Waals surface area contributed by atoms with Crippen LogP contribution in [-0.4, -0.2) is 9.91 Å². The molecule has 5 nitrogen and oxygen atoms in total. The lowest BCUT2D eigenvalue weighted by Crippen LogP contribution is -1.97. The highest BCUT2D eigenvalue weighted by Gasteiger charge is 2.22. The summed E-state index contributed by atoms with van der Waals surface area (Å²) >= 11 is 0. The molecule has 0 spiro atoms. The topological polar surface area (TPSA) is 65.3 Å². The fraction of sp³-hybridized carbons (Fsp3) is 0.0833. The van der Waals surface area contributed by atoms with Crippen LogP contribution in [0, 0.1) is 22.9 Å². The molecule has 6 heteroatoms. The second kappa shape index (κ2) is 4.79. The van der Waals surface area contributed by atoms with E-state index in [0.29, 0.717) is 11.4 Å². The first-order chi connectivity index (χ1) is 8.59. The van der Waals surface area contributed by atoms with E-state index >= 15 is 0 Å². The number of halogens is 1. The van der Waals surface area contributed by atoms with Gasteiger partial charge in [-0.05, 0) is 31.2 Å². The number of aromatic nitrogens is 1. The smallest absolute Gasteiger partial charge is 0.346 e. The van der Waals surface area contributed by atoms with Crippen LogP contribution in [0.3, 0.4) is 0 Å². The van der Waals surface area contributed by atoms with Crippen LogP contribution in [-0.2, 0) is 0 Å². The van der Waals surface area contributed by atoms with Gasteiger partial charge in [0.2, 0.25) is 11.6 Å². The minimum Gasteiger partial charge on any atom is -0.448 e. The van der Waals surface area contributed by atoms with Gasteiger partial charge in [0.05, 0.1) is 10.6 Å². The summed E-state index contributed by atoms with van der Waals surface area (Å²) in [7, 11) is 0. The predicted octanol–water partition coefficient (Wildman–Crippen LogP) is 3.23. The number of pyridine rings is 1. The summed E-state index contributed by atoms with van der Waals surface area (Å²) in [5, 5.41) is 10.8. The first-order valence-corrected chi connectivity index (χ1v) is 5.12. The molecule has 1 heterocycles. The third-order valence-electron chi connectivity index (χ3n) is 2.31. The number of nitrogens with zero attached hydrogens (tertiary/aromatic N) is 2. The summed E-state index contributed by atoms with van der Waals surface area (Å²) in [5.74, 6) is -0.721. The first kappa shape index (κ1) is 12.0. The average Bonchev–Trinajstić information content (AvgIpc) is 2.31. The number of nitro groups is 1. The van der Waals surface area contributed by atoms with Gasteiger partial charge in [0.15, 0.2) is 0 Å². The summed E-state index contributed by atoms with van der Waals surface area (Å²) in [4.78, 5) is 14.0. The molecule has 0 aliphatic heterocycles. The van der Waals surface area contributed by atoms with Crippen LogP contribution in [0.5, 0.6) is 11.5 Å². The van der Waals surface area contributed by atoms with Crippen molar-refractivity contribution >= 4 is 5.69 Å². The third kappa shape index (κ3) is 2.27. The Kier molecular flexibility index (Phi) is 3.18. The number of hydrogen-bond acceptors (Lipinski definition) is 4. The van der Waals surface area contributed by atoms with Gasteiger partial charge in [0.25, 0.3) is 0 Å². The van der Waals surface area contributed by atoms with Crippen molar-refractivity contribution in [1.82, 2.24) is 4.98 Å². The van der Waals surface area contributed by atoms with E-state index in [2.05, 4.69) is 4.98 Å². The molecule has 0 N–H and O–H groups in total. The average molecular weight is 248 g/mol. The van der Waals surface area contributed by atoms with Gasteiger partial charge in [-0.1, -0.05) is 6.07 Å². The van der Waals surface area contributed by atoms with Crippen LogP contribution in [0.15, 0.2) is 36.5 Å². The van der Waals surface area contributed by atoms with E-state index in [1.54, 1.807) is 25.3 Å². The normalized spacial score (nSPS) is 10.1. The summed E-state index contributed by atoms with van der Waals surface area (Å²) in [6.07, 6.45) is 1.57. The van der Waals surface area contributed by atoms with Crippen LogP contribution in [0.2, 0.25) is 0 Å². The molecular formula is C12H9FN2O3. The Morgan fingerprint density at radius 2 is 2.00 bits per heavy atom. The third-order valence-corrected chi connectivity index (χ3v) is 2.31. The maximum atomic E-state index is 13.4. The Hall–Kier alpha value is -2.50. The Morgan fingerprint density at radius 1 is 1.28 bits per heavy atom. The van der Waals surface area contributed by atoms with E-state index in [0.717, 1.165) is 6.07 Å². The second-order valence-corrected chi connectivity index (χ2v) is 3.53. The van der Waals surface area contributed by atoms with Crippen molar-refractivity contribution in [2.45, 2.75) is 6.92 Å². The van der Waals surface area contributed by atoms with Gasteiger partial charge in [0, 0.05) is 6.20 Å². The molecule has 92 valence electrons. The number of para-hydroxylation sites is 1. The first-order valence-electron chi connectivity index (χ1n) is 5.12. The summed E-state index contributed by atoms with van der Waals surface area (Å²) in [6.45, 7) is 1.69. The number of aryl methyl sites for hydroxylation is 1. The quantitative estimate of drug-likeness (QED) is 0.617. The maximum absolute atomic E-state index is 13.4. The zero-order chi connectivity index (χ0) is 13.1. The van der Waals surface area contributed by atoms with Gasteiger partial charge in [0.1, 0.15) is 5.75 Å². The fourth-order valence-corrected chi connectivity index (χ4v) is 1.45. The lowest BCUT2D eigenvalue weighted by atomic mass is 10.3. The number of nitro benzene ring substituents is 1. The molecule has 18 heavy (non-hydrogen) atoms. The van der Waals surface area contributed by atoms with Gasteiger partial charge in [-0.25, -0.2) is 0 Å². The van der Waals surface area contributed by atoms with Crippen molar-refractivity contribution < 1.29 is 14.1 Å². The van der Waals surface area contributed by atoms with Gasteiger partial charge in [-0.3, -0.25) is 15.1 Å². The monoisotopic (exact) mass is 248 g/mol. The standard InChI is InChI=1S/C12H9FN2O3/c1-8-10(6-3-7-14-8)18-11-5-2-4-9(13)12(11)15(16)17/h2-7H,1H3. The Balaban J connectivity index is 2.44. The van der Waals surface area contributed by atoms with Gasteiger partial charge >= 0.3 is 5.69 Å². The van der Waals surface area contributed by atoms with Crippen molar-refractivity contribution in [2.24, 2.45) is 0 Å². The second-order valence-electron chi connectivity index (χ2n) is 3.53. The number of benzene rings is 1.